The van der Waals surface area contributed by atoms with Crippen LogP contribution >= 0.6 is 0 Å². The maximum Gasteiger partial charge on any atom is 0.360 e. The molecule has 0 bridgehead atoms. The maximum absolute atomic E-state index is 12.6. The number of carbonyl (C=O) groups excluding carboxylic acids is 2. The Labute approximate surface area is 149 Å². The number of methoxy groups -OCH3 is 1. The van der Waals surface area contributed by atoms with Gasteiger partial charge in [-0.2, -0.15) is 0 Å². The van der Waals surface area contributed by atoms with Crippen molar-refractivity contribution in [2.75, 3.05) is 14.2 Å². The van der Waals surface area contributed by atoms with E-state index in [0.717, 1.165) is 12.8 Å². The SMILES string of the molecule is CON=C(C(=O)OC)c1ccccc1COC(=O)C1([Si](C)(C)C)CC1. The molecule has 0 N–H and O–H groups in total. The predicted octanol–water partition coefficient (Wildman–Crippen LogP) is 3.13. The summed E-state index contributed by atoms with van der Waals surface area (Å²) in [6, 6.07) is 7.12. The van der Waals surface area contributed by atoms with Crippen LogP contribution in [0.25, 0.3) is 0 Å². The fourth-order valence-electron chi connectivity index (χ4n) is 2.93. The Kier molecular flexibility index (Phi) is 5.67. The van der Waals surface area contributed by atoms with Gasteiger partial charge in [0.05, 0.1) is 20.2 Å². The standard InChI is InChI=1S/C18H25NO5Si/c1-22-16(20)15(19-23-2)14-9-7-6-8-13(14)12-24-17(21)18(10-11-18)25(3,4)5/h6-9H,10-12H2,1-5H3. The Bertz CT molecular complexity index is 689. The van der Waals surface area contributed by atoms with Gasteiger partial charge in [0, 0.05) is 5.56 Å². The van der Waals surface area contributed by atoms with E-state index in [2.05, 4.69) is 24.8 Å². The van der Waals surface area contributed by atoms with E-state index in [1.165, 1.54) is 14.2 Å². The number of ether oxygens (including phenoxy) is 2. The van der Waals surface area contributed by atoms with Crippen LogP contribution in [0.4, 0.5) is 0 Å². The van der Waals surface area contributed by atoms with Crippen molar-refractivity contribution in [2.45, 2.75) is 44.1 Å². The minimum absolute atomic E-state index is 0.0444. The second kappa shape index (κ2) is 7.39. The van der Waals surface area contributed by atoms with Gasteiger partial charge in [-0.1, -0.05) is 49.1 Å². The molecule has 136 valence electrons. The van der Waals surface area contributed by atoms with Crippen molar-refractivity contribution in [1.82, 2.24) is 0 Å². The zero-order valence-electron chi connectivity index (χ0n) is 15.4. The average Bonchev–Trinajstić information content (AvgIpc) is 3.39. The molecule has 0 amide bonds. The first-order valence-corrected chi connectivity index (χ1v) is 11.7. The van der Waals surface area contributed by atoms with Crippen LogP contribution in [0.3, 0.4) is 0 Å². The highest BCUT2D eigenvalue weighted by Crippen LogP contribution is 2.61. The minimum Gasteiger partial charge on any atom is -0.464 e. The average molecular weight is 363 g/mol. The molecule has 0 aromatic heterocycles. The second-order valence-electron chi connectivity index (χ2n) is 7.18. The van der Waals surface area contributed by atoms with Gasteiger partial charge in [-0.25, -0.2) is 4.79 Å². The zero-order valence-corrected chi connectivity index (χ0v) is 16.4. The third-order valence-corrected chi connectivity index (χ3v) is 8.34. The van der Waals surface area contributed by atoms with Crippen LogP contribution in [0, 0.1) is 0 Å². The van der Waals surface area contributed by atoms with Gasteiger partial charge >= 0.3 is 11.9 Å². The topological polar surface area (TPSA) is 74.2 Å². The zero-order chi connectivity index (χ0) is 18.7. The number of nitrogens with zero attached hydrogens (tertiary/aromatic N) is 1. The van der Waals surface area contributed by atoms with Gasteiger partial charge in [0.15, 0.2) is 5.71 Å². The van der Waals surface area contributed by atoms with Crippen molar-refractivity contribution in [3.8, 4) is 0 Å². The van der Waals surface area contributed by atoms with E-state index < -0.39 is 14.0 Å². The summed E-state index contributed by atoms with van der Waals surface area (Å²) in [5.74, 6) is -0.744. The first-order chi connectivity index (χ1) is 11.8. The summed E-state index contributed by atoms with van der Waals surface area (Å²) < 4.78 is 10.4. The maximum atomic E-state index is 12.6. The first-order valence-electron chi connectivity index (χ1n) is 8.22. The molecule has 2 rings (SSSR count). The monoisotopic (exact) mass is 363 g/mol. The summed E-state index contributed by atoms with van der Waals surface area (Å²) in [4.78, 5) is 29.3. The minimum atomic E-state index is -1.64. The van der Waals surface area contributed by atoms with Crippen molar-refractivity contribution >= 4 is 25.7 Å². The lowest BCUT2D eigenvalue weighted by Gasteiger charge is -2.26. The molecule has 0 heterocycles. The lowest BCUT2D eigenvalue weighted by molar-refractivity contribution is -0.146. The number of hydrogen-bond acceptors (Lipinski definition) is 6. The fraction of sp³-hybridized carbons (Fsp3) is 0.500. The Morgan fingerprint density at radius 1 is 1.16 bits per heavy atom. The van der Waals surface area contributed by atoms with E-state index in [-0.39, 0.29) is 23.3 Å². The van der Waals surface area contributed by atoms with E-state index in [9.17, 15) is 9.59 Å². The van der Waals surface area contributed by atoms with Gasteiger partial charge in [-0.05, 0) is 18.4 Å². The number of hydrogen-bond donors (Lipinski definition) is 0. The molecule has 7 heteroatoms. The highest BCUT2D eigenvalue weighted by molar-refractivity contribution is 6.83. The van der Waals surface area contributed by atoms with Gasteiger partial charge < -0.3 is 14.3 Å². The summed E-state index contributed by atoms with van der Waals surface area (Å²) in [6.07, 6.45) is 1.81. The highest BCUT2D eigenvalue weighted by atomic mass is 28.3. The van der Waals surface area contributed by atoms with Crippen LogP contribution in [-0.2, 0) is 30.5 Å². The molecule has 1 fully saturated rings. The lowest BCUT2D eigenvalue weighted by Crippen LogP contribution is -2.36. The number of benzene rings is 1. The van der Waals surface area contributed by atoms with Crippen molar-refractivity contribution in [2.24, 2.45) is 5.16 Å². The van der Waals surface area contributed by atoms with Crippen LogP contribution in [0.2, 0.25) is 24.7 Å². The molecule has 0 spiro atoms. The molecule has 0 atom stereocenters. The molecule has 0 unspecified atom stereocenters. The van der Waals surface area contributed by atoms with Gasteiger partial charge in [0.25, 0.3) is 0 Å². The summed E-state index contributed by atoms with van der Waals surface area (Å²) in [7, 11) is 0.997. The number of esters is 2. The highest BCUT2D eigenvalue weighted by Gasteiger charge is 2.60. The normalized spacial score (nSPS) is 16.1. The van der Waals surface area contributed by atoms with E-state index >= 15 is 0 Å². The Morgan fingerprint density at radius 3 is 2.32 bits per heavy atom. The number of carbonyl (C=O) groups is 2. The van der Waals surface area contributed by atoms with Gasteiger partial charge in [0.2, 0.25) is 0 Å². The third-order valence-electron chi connectivity index (χ3n) is 4.77. The van der Waals surface area contributed by atoms with E-state index in [4.69, 9.17) is 14.3 Å². The van der Waals surface area contributed by atoms with Gasteiger partial charge in [-0.3, -0.25) is 4.79 Å². The number of rotatable bonds is 7. The molecule has 0 saturated heterocycles. The molecule has 1 aliphatic carbocycles. The molecule has 0 aliphatic heterocycles. The van der Waals surface area contributed by atoms with Crippen LogP contribution in [0.5, 0.6) is 0 Å². The largest absolute Gasteiger partial charge is 0.464 e. The van der Waals surface area contributed by atoms with E-state index in [0.29, 0.717) is 11.1 Å². The molecule has 1 aliphatic rings. The molecular formula is C18H25NO5Si. The molecular weight excluding hydrogens is 338 g/mol. The second-order valence-corrected chi connectivity index (χ2v) is 12.6. The fourth-order valence-corrected chi connectivity index (χ4v) is 5.24. The number of oxime groups is 1. The van der Waals surface area contributed by atoms with E-state index in [1.54, 1.807) is 18.2 Å². The summed E-state index contributed by atoms with van der Waals surface area (Å²) in [6.45, 7) is 6.66. The third kappa shape index (κ3) is 3.92. The molecule has 1 saturated carbocycles. The van der Waals surface area contributed by atoms with Crippen molar-refractivity contribution in [1.29, 1.82) is 0 Å². The Morgan fingerprint density at radius 2 is 1.80 bits per heavy atom. The van der Waals surface area contributed by atoms with Crippen LogP contribution < -0.4 is 0 Å². The molecule has 6 nitrogen and oxygen atoms in total. The smallest absolute Gasteiger partial charge is 0.360 e. The van der Waals surface area contributed by atoms with Crippen molar-refractivity contribution < 1.29 is 23.9 Å². The molecule has 1 aromatic carbocycles. The quantitative estimate of drug-likeness (QED) is 0.322. The van der Waals surface area contributed by atoms with Crippen LogP contribution in [0.1, 0.15) is 24.0 Å². The van der Waals surface area contributed by atoms with Crippen LogP contribution in [0.15, 0.2) is 29.4 Å². The summed E-state index contributed by atoms with van der Waals surface area (Å²) in [5, 5.41) is 3.49. The Balaban J connectivity index is 2.20. The summed E-state index contributed by atoms with van der Waals surface area (Å²) in [5.41, 5.74) is 1.26. The van der Waals surface area contributed by atoms with Crippen molar-refractivity contribution in [3.05, 3.63) is 35.4 Å². The van der Waals surface area contributed by atoms with Crippen LogP contribution in [-0.4, -0.2) is 39.9 Å². The van der Waals surface area contributed by atoms with E-state index in [1.807, 2.05) is 6.07 Å². The molecule has 25 heavy (non-hydrogen) atoms. The van der Waals surface area contributed by atoms with Gasteiger partial charge in [-0.15, -0.1) is 0 Å². The molecule has 1 aromatic rings. The predicted molar refractivity (Wildman–Crippen MR) is 97.1 cm³/mol. The van der Waals surface area contributed by atoms with Crippen molar-refractivity contribution in [3.63, 3.8) is 0 Å². The van der Waals surface area contributed by atoms with Gasteiger partial charge in [0.1, 0.15) is 13.7 Å². The lowest BCUT2D eigenvalue weighted by atomic mass is 10.0. The summed E-state index contributed by atoms with van der Waals surface area (Å²) >= 11 is 0. The Hall–Kier alpha value is -2.15. The molecule has 0 radical (unpaired) electrons. The first kappa shape index (κ1) is 19.2.